The van der Waals surface area contributed by atoms with E-state index >= 15 is 0 Å². The second-order valence-electron chi connectivity index (χ2n) is 2.95. The SMILES string of the molecule is N/C(C=O)=C\CCc1ccccc1Br. The standard InChI is InChI=1S/C11H12BrNO/c12-11-7-2-1-4-9(11)5-3-6-10(13)8-14/h1-2,4,6-8H,3,5,13H2/b10-6-. The van der Waals surface area contributed by atoms with E-state index in [4.69, 9.17) is 5.73 Å². The number of benzene rings is 1. The number of rotatable bonds is 4. The molecular weight excluding hydrogens is 242 g/mol. The van der Waals surface area contributed by atoms with Crippen LogP contribution in [0.1, 0.15) is 12.0 Å². The first-order chi connectivity index (χ1) is 6.74. The highest BCUT2D eigenvalue weighted by Crippen LogP contribution is 2.17. The molecule has 14 heavy (non-hydrogen) atoms. The average Bonchev–Trinajstić information content (AvgIpc) is 2.20. The van der Waals surface area contributed by atoms with Gasteiger partial charge in [-0.2, -0.15) is 0 Å². The monoisotopic (exact) mass is 253 g/mol. The summed E-state index contributed by atoms with van der Waals surface area (Å²) >= 11 is 3.46. The molecular formula is C11H12BrNO. The zero-order chi connectivity index (χ0) is 10.4. The van der Waals surface area contributed by atoms with E-state index in [1.54, 1.807) is 6.08 Å². The molecule has 0 aliphatic carbocycles. The molecule has 0 unspecified atom stereocenters. The largest absolute Gasteiger partial charge is 0.396 e. The molecule has 0 heterocycles. The van der Waals surface area contributed by atoms with Gasteiger partial charge in [0.25, 0.3) is 0 Å². The van der Waals surface area contributed by atoms with E-state index in [-0.39, 0.29) is 0 Å². The van der Waals surface area contributed by atoms with Gasteiger partial charge in [0, 0.05) is 4.47 Å². The molecule has 0 saturated heterocycles. The summed E-state index contributed by atoms with van der Waals surface area (Å²) < 4.78 is 1.10. The molecule has 0 spiro atoms. The summed E-state index contributed by atoms with van der Waals surface area (Å²) in [7, 11) is 0. The normalized spacial score (nSPS) is 11.4. The van der Waals surface area contributed by atoms with Gasteiger partial charge in [0.05, 0.1) is 5.70 Å². The summed E-state index contributed by atoms with van der Waals surface area (Å²) in [5.41, 5.74) is 6.88. The average molecular weight is 254 g/mol. The van der Waals surface area contributed by atoms with E-state index in [0.717, 1.165) is 17.3 Å². The highest BCUT2D eigenvalue weighted by atomic mass is 79.9. The fraction of sp³-hybridized carbons (Fsp3) is 0.182. The van der Waals surface area contributed by atoms with Crippen LogP contribution in [0.15, 0.2) is 40.5 Å². The third kappa shape index (κ3) is 3.34. The maximum atomic E-state index is 10.2. The Morgan fingerprint density at radius 3 is 2.79 bits per heavy atom. The molecule has 1 aromatic carbocycles. The second kappa shape index (κ2) is 5.60. The third-order valence-electron chi connectivity index (χ3n) is 1.89. The Balaban J connectivity index is 2.54. The van der Waals surface area contributed by atoms with Crippen LogP contribution in [0, 0.1) is 0 Å². The summed E-state index contributed by atoms with van der Waals surface area (Å²) in [6, 6.07) is 8.02. The maximum Gasteiger partial charge on any atom is 0.165 e. The van der Waals surface area contributed by atoms with E-state index in [1.807, 2.05) is 18.2 Å². The van der Waals surface area contributed by atoms with E-state index in [1.165, 1.54) is 5.56 Å². The molecule has 1 aromatic rings. The number of carbonyl (C=O) groups excluding carboxylic acids is 1. The van der Waals surface area contributed by atoms with Crippen molar-refractivity contribution < 1.29 is 4.79 Å². The van der Waals surface area contributed by atoms with Crippen LogP contribution in [0.5, 0.6) is 0 Å². The van der Waals surface area contributed by atoms with E-state index in [0.29, 0.717) is 12.0 Å². The predicted molar refractivity (Wildman–Crippen MR) is 60.8 cm³/mol. The number of aldehydes is 1. The number of nitrogens with two attached hydrogens (primary N) is 1. The molecule has 0 aromatic heterocycles. The number of aryl methyl sites for hydroxylation is 1. The first-order valence-electron chi connectivity index (χ1n) is 4.38. The van der Waals surface area contributed by atoms with Gasteiger partial charge in [-0.1, -0.05) is 40.2 Å². The van der Waals surface area contributed by atoms with Crippen molar-refractivity contribution in [3.05, 3.63) is 46.1 Å². The van der Waals surface area contributed by atoms with Crippen LogP contribution in [0.3, 0.4) is 0 Å². The highest BCUT2D eigenvalue weighted by Gasteiger charge is 1.96. The lowest BCUT2D eigenvalue weighted by atomic mass is 10.1. The molecule has 0 aliphatic heterocycles. The van der Waals surface area contributed by atoms with Crippen molar-refractivity contribution in [3.63, 3.8) is 0 Å². The van der Waals surface area contributed by atoms with Crippen LogP contribution in [0.2, 0.25) is 0 Å². The predicted octanol–water partition coefficient (Wildman–Crippen LogP) is 2.42. The minimum atomic E-state index is 0.303. The van der Waals surface area contributed by atoms with E-state index in [9.17, 15) is 4.79 Å². The summed E-state index contributed by atoms with van der Waals surface area (Å²) in [6.45, 7) is 0. The van der Waals surface area contributed by atoms with Crippen molar-refractivity contribution in [1.82, 2.24) is 0 Å². The molecule has 0 radical (unpaired) electrons. The Labute approximate surface area is 91.9 Å². The number of carbonyl (C=O) groups is 1. The van der Waals surface area contributed by atoms with Crippen molar-refractivity contribution >= 4 is 22.2 Å². The molecule has 0 atom stereocenters. The van der Waals surface area contributed by atoms with Gasteiger partial charge >= 0.3 is 0 Å². The number of halogens is 1. The van der Waals surface area contributed by atoms with Gasteiger partial charge in [-0.25, -0.2) is 0 Å². The fourth-order valence-electron chi connectivity index (χ4n) is 1.14. The molecule has 1 rings (SSSR count). The van der Waals surface area contributed by atoms with Crippen LogP contribution < -0.4 is 5.73 Å². The van der Waals surface area contributed by atoms with Crippen LogP contribution >= 0.6 is 15.9 Å². The zero-order valence-corrected chi connectivity index (χ0v) is 9.33. The van der Waals surface area contributed by atoms with Gasteiger partial charge in [0.15, 0.2) is 6.29 Å². The molecule has 0 amide bonds. The van der Waals surface area contributed by atoms with Crippen LogP contribution in [0.4, 0.5) is 0 Å². The van der Waals surface area contributed by atoms with Crippen molar-refractivity contribution in [1.29, 1.82) is 0 Å². The Morgan fingerprint density at radius 1 is 1.43 bits per heavy atom. The van der Waals surface area contributed by atoms with Crippen molar-refractivity contribution in [3.8, 4) is 0 Å². The summed E-state index contributed by atoms with van der Waals surface area (Å²) in [5.74, 6) is 0. The van der Waals surface area contributed by atoms with E-state index in [2.05, 4.69) is 22.0 Å². The lowest BCUT2D eigenvalue weighted by Gasteiger charge is -2.01. The Morgan fingerprint density at radius 2 is 2.14 bits per heavy atom. The summed E-state index contributed by atoms with van der Waals surface area (Å²) in [5, 5.41) is 0. The molecule has 0 bridgehead atoms. The Kier molecular flexibility index (Phi) is 4.40. The Hall–Kier alpha value is -1.09. The topological polar surface area (TPSA) is 43.1 Å². The Bertz CT molecular complexity index is 347. The van der Waals surface area contributed by atoms with Gasteiger partial charge in [-0.3, -0.25) is 4.79 Å². The van der Waals surface area contributed by atoms with Crippen LogP contribution in [0.25, 0.3) is 0 Å². The fourth-order valence-corrected chi connectivity index (χ4v) is 1.63. The molecule has 2 N–H and O–H groups in total. The maximum absolute atomic E-state index is 10.2. The third-order valence-corrected chi connectivity index (χ3v) is 2.66. The molecule has 2 nitrogen and oxygen atoms in total. The van der Waals surface area contributed by atoms with Crippen molar-refractivity contribution in [2.24, 2.45) is 5.73 Å². The van der Waals surface area contributed by atoms with Gasteiger partial charge in [-0.15, -0.1) is 0 Å². The summed E-state index contributed by atoms with van der Waals surface area (Å²) in [6.07, 6.45) is 4.08. The quantitative estimate of drug-likeness (QED) is 0.662. The minimum absolute atomic E-state index is 0.303. The lowest BCUT2D eigenvalue weighted by molar-refractivity contribution is -0.105. The first-order valence-corrected chi connectivity index (χ1v) is 5.17. The first kappa shape index (κ1) is 11.0. The molecule has 3 heteroatoms. The number of allylic oxidation sites excluding steroid dienone is 2. The number of hydrogen-bond acceptors (Lipinski definition) is 2. The number of hydrogen-bond donors (Lipinski definition) is 1. The molecule has 0 aliphatic rings. The van der Waals surface area contributed by atoms with Gasteiger partial charge in [0.1, 0.15) is 0 Å². The summed E-state index contributed by atoms with van der Waals surface area (Å²) in [4.78, 5) is 10.2. The van der Waals surface area contributed by atoms with Crippen molar-refractivity contribution in [2.75, 3.05) is 0 Å². The lowest BCUT2D eigenvalue weighted by Crippen LogP contribution is -1.97. The van der Waals surface area contributed by atoms with Crippen molar-refractivity contribution in [2.45, 2.75) is 12.8 Å². The molecule has 0 fully saturated rings. The van der Waals surface area contributed by atoms with Crippen LogP contribution in [-0.2, 0) is 11.2 Å². The zero-order valence-electron chi connectivity index (χ0n) is 7.74. The molecule has 0 saturated carbocycles. The highest BCUT2D eigenvalue weighted by molar-refractivity contribution is 9.10. The van der Waals surface area contributed by atoms with Gasteiger partial charge in [0.2, 0.25) is 0 Å². The second-order valence-corrected chi connectivity index (χ2v) is 3.81. The van der Waals surface area contributed by atoms with E-state index < -0.39 is 0 Å². The smallest absolute Gasteiger partial charge is 0.165 e. The molecule has 74 valence electrons. The van der Waals surface area contributed by atoms with Gasteiger partial charge < -0.3 is 5.73 Å². The minimum Gasteiger partial charge on any atom is -0.396 e. The van der Waals surface area contributed by atoms with Crippen LogP contribution in [-0.4, -0.2) is 6.29 Å². The van der Waals surface area contributed by atoms with Gasteiger partial charge in [-0.05, 0) is 24.5 Å².